The Morgan fingerprint density at radius 2 is 1.87 bits per heavy atom. The number of hydrogen-bond donors (Lipinski definition) is 1. The molecule has 3 rings (SSSR count). The summed E-state index contributed by atoms with van der Waals surface area (Å²) in [5.41, 5.74) is 4.17. The van der Waals surface area contributed by atoms with E-state index in [0.717, 1.165) is 35.6 Å². The van der Waals surface area contributed by atoms with Crippen molar-refractivity contribution in [1.29, 1.82) is 0 Å². The predicted molar refractivity (Wildman–Crippen MR) is 122 cm³/mol. The van der Waals surface area contributed by atoms with Crippen molar-refractivity contribution in [2.75, 3.05) is 13.2 Å². The number of para-hydroxylation sites is 2. The van der Waals surface area contributed by atoms with Crippen LogP contribution in [-0.4, -0.2) is 28.6 Å². The minimum absolute atomic E-state index is 0.0621. The van der Waals surface area contributed by atoms with Gasteiger partial charge in [-0.15, -0.1) is 0 Å². The lowest BCUT2D eigenvalue weighted by atomic mass is 9.96. The number of benzene rings is 2. The highest BCUT2D eigenvalue weighted by molar-refractivity contribution is 5.81. The lowest BCUT2D eigenvalue weighted by Crippen LogP contribution is -2.36. The van der Waals surface area contributed by atoms with Crippen molar-refractivity contribution in [3.05, 3.63) is 59.4 Å². The van der Waals surface area contributed by atoms with Crippen LogP contribution in [0.5, 0.6) is 5.75 Å². The zero-order valence-electron chi connectivity index (χ0n) is 18.8. The quantitative estimate of drug-likeness (QED) is 0.544. The van der Waals surface area contributed by atoms with E-state index < -0.39 is 0 Å². The molecule has 0 saturated heterocycles. The van der Waals surface area contributed by atoms with Crippen LogP contribution in [0.3, 0.4) is 0 Å². The Hall–Kier alpha value is -2.82. The van der Waals surface area contributed by atoms with Gasteiger partial charge in [0.1, 0.15) is 11.6 Å². The molecule has 0 atom stereocenters. The van der Waals surface area contributed by atoms with E-state index in [1.165, 1.54) is 11.1 Å². The Morgan fingerprint density at radius 1 is 1.10 bits per heavy atom. The first-order chi connectivity index (χ1) is 14.3. The first kappa shape index (κ1) is 21.9. The minimum Gasteiger partial charge on any atom is -0.493 e. The van der Waals surface area contributed by atoms with Gasteiger partial charge >= 0.3 is 0 Å². The Bertz CT molecular complexity index is 1010. The Kier molecular flexibility index (Phi) is 6.80. The minimum atomic E-state index is -0.384. The fraction of sp³-hybridized carbons (Fsp3) is 0.440. The largest absolute Gasteiger partial charge is 0.493 e. The van der Waals surface area contributed by atoms with Crippen molar-refractivity contribution in [2.45, 2.75) is 54.0 Å². The maximum absolute atomic E-state index is 12.2. The average Bonchev–Trinajstić information content (AvgIpc) is 3.05. The molecule has 0 spiro atoms. The van der Waals surface area contributed by atoms with E-state index in [1.54, 1.807) is 0 Å². The number of amides is 1. The van der Waals surface area contributed by atoms with Crippen LogP contribution in [0.25, 0.3) is 11.0 Å². The molecule has 5 nitrogen and oxygen atoms in total. The van der Waals surface area contributed by atoms with E-state index in [2.05, 4.69) is 35.9 Å². The molecule has 1 aromatic heterocycles. The third kappa shape index (κ3) is 5.21. The SMILES string of the molecule is Cc1cccc(OCCCn2c(CCNC(=O)C(C)(C)C)nc3ccccc32)c1C. The van der Waals surface area contributed by atoms with Crippen LogP contribution < -0.4 is 10.1 Å². The van der Waals surface area contributed by atoms with Crippen LogP contribution in [0.1, 0.15) is 44.1 Å². The van der Waals surface area contributed by atoms with Crippen molar-refractivity contribution in [1.82, 2.24) is 14.9 Å². The lowest BCUT2D eigenvalue weighted by molar-refractivity contribution is -0.128. The molecule has 0 aliphatic heterocycles. The van der Waals surface area contributed by atoms with E-state index in [1.807, 2.05) is 51.1 Å². The summed E-state index contributed by atoms with van der Waals surface area (Å²) < 4.78 is 8.28. The van der Waals surface area contributed by atoms with E-state index in [-0.39, 0.29) is 11.3 Å². The molecule has 5 heteroatoms. The van der Waals surface area contributed by atoms with Crippen molar-refractivity contribution >= 4 is 16.9 Å². The van der Waals surface area contributed by atoms with E-state index in [0.29, 0.717) is 19.6 Å². The number of aryl methyl sites for hydroxylation is 2. The van der Waals surface area contributed by atoms with Crippen LogP contribution in [0, 0.1) is 19.3 Å². The molecule has 0 aliphatic rings. The highest BCUT2D eigenvalue weighted by atomic mass is 16.5. The molecule has 160 valence electrons. The van der Waals surface area contributed by atoms with E-state index >= 15 is 0 Å². The Balaban J connectivity index is 1.64. The molecule has 0 saturated carbocycles. The van der Waals surface area contributed by atoms with Gasteiger partial charge in [0.25, 0.3) is 0 Å². The summed E-state index contributed by atoms with van der Waals surface area (Å²) in [6.07, 6.45) is 1.59. The number of imidazole rings is 1. The number of carbonyl (C=O) groups excluding carboxylic acids is 1. The van der Waals surface area contributed by atoms with Crippen LogP contribution in [-0.2, 0) is 17.8 Å². The average molecular weight is 408 g/mol. The number of ether oxygens (including phenoxy) is 1. The van der Waals surface area contributed by atoms with Crippen LogP contribution in [0.4, 0.5) is 0 Å². The first-order valence-electron chi connectivity index (χ1n) is 10.7. The summed E-state index contributed by atoms with van der Waals surface area (Å²) in [5.74, 6) is 2.01. The maximum atomic E-state index is 12.2. The van der Waals surface area contributed by atoms with Crippen molar-refractivity contribution < 1.29 is 9.53 Å². The van der Waals surface area contributed by atoms with Gasteiger partial charge in [-0.05, 0) is 49.6 Å². The smallest absolute Gasteiger partial charge is 0.225 e. The molecule has 1 amide bonds. The van der Waals surface area contributed by atoms with Gasteiger partial charge in [-0.25, -0.2) is 4.98 Å². The summed E-state index contributed by atoms with van der Waals surface area (Å²) in [6.45, 7) is 12.0. The molecular formula is C25H33N3O2. The fourth-order valence-corrected chi connectivity index (χ4v) is 3.40. The van der Waals surface area contributed by atoms with Gasteiger partial charge in [-0.1, -0.05) is 45.0 Å². The fourth-order valence-electron chi connectivity index (χ4n) is 3.40. The Morgan fingerprint density at radius 3 is 2.63 bits per heavy atom. The molecule has 0 radical (unpaired) electrons. The third-order valence-electron chi connectivity index (χ3n) is 5.39. The molecule has 0 aliphatic carbocycles. The number of carbonyl (C=O) groups is 1. The third-order valence-corrected chi connectivity index (χ3v) is 5.39. The number of rotatable bonds is 8. The standard InChI is InChI=1S/C25H33N3O2/c1-18-10-8-13-22(19(18)2)30-17-9-16-28-21-12-7-6-11-20(21)27-23(28)14-15-26-24(29)25(3,4)5/h6-8,10-13H,9,14-17H2,1-5H3,(H,26,29). The summed E-state index contributed by atoms with van der Waals surface area (Å²) >= 11 is 0. The number of fused-ring (bicyclic) bond motifs is 1. The molecule has 30 heavy (non-hydrogen) atoms. The van der Waals surface area contributed by atoms with Gasteiger partial charge in [-0.3, -0.25) is 4.79 Å². The maximum Gasteiger partial charge on any atom is 0.225 e. The lowest BCUT2D eigenvalue weighted by Gasteiger charge is -2.17. The van der Waals surface area contributed by atoms with Gasteiger partial charge in [0.15, 0.2) is 0 Å². The van der Waals surface area contributed by atoms with Crippen LogP contribution in [0.2, 0.25) is 0 Å². The second kappa shape index (κ2) is 9.33. The second-order valence-electron chi connectivity index (χ2n) is 8.82. The van der Waals surface area contributed by atoms with E-state index in [4.69, 9.17) is 9.72 Å². The number of aromatic nitrogens is 2. The van der Waals surface area contributed by atoms with Gasteiger partial charge in [0.05, 0.1) is 17.6 Å². The molecule has 1 N–H and O–H groups in total. The summed E-state index contributed by atoms with van der Waals surface area (Å²) in [5, 5.41) is 3.03. The molecule has 0 fully saturated rings. The zero-order valence-corrected chi connectivity index (χ0v) is 18.8. The molecule has 0 bridgehead atoms. The van der Waals surface area contributed by atoms with Gasteiger partial charge in [0.2, 0.25) is 5.91 Å². The summed E-state index contributed by atoms with van der Waals surface area (Å²) in [6, 6.07) is 14.3. The zero-order chi connectivity index (χ0) is 21.7. The van der Waals surface area contributed by atoms with Gasteiger partial charge in [0, 0.05) is 24.9 Å². The normalized spacial score (nSPS) is 11.6. The monoisotopic (exact) mass is 407 g/mol. The number of nitrogens with one attached hydrogen (secondary N) is 1. The second-order valence-corrected chi connectivity index (χ2v) is 8.82. The van der Waals surface area contributed by atoms with Crippen molar-refractivity contribution in [3.63, 3.8) is 0 Å². The number of nitrogens with zero attached hydrogens (tertiary/aromatic N) is 2. The Labute approximate surface area is 179 Å². The molecule has 0 unspecified atom stereocenters. The molecule has 1 heterocycles. The molecule has 2 aromatic carbocycles. The van der Waals surface area contributed by atoms with Crippen molar-refractivity contribution in [2.24, 2.45) is 5.41 Å². The van der Waals surface area contributed by atoms with Gasteiger partial charge < -0.3 is 14.6 Å². The molecule has 3 aromatic rings. The van der Waals surface area contributed by atoms with Crippen LogP contribution >= 0.6 is 0 Å². The first-order valence-corrected chi connectivity index (χ1v) is 10.7. The number of hydrogen-bond acceptors (Lipinski definition) is 3. The highest BCUT2D eigenvalue weighted by Gasteiger charge is 2.20. The molecular weight excluding hydrogens is 374 g/mol. The highest BCUT2D eigenvalue weighted by Crippen LogP contribution is 2.21. The van der Waals surface area contributed by atoms with E-state index in [9.17, 15) is 4.79 Å². The topological polar surface area (TPSA) is 56.1 Å². The predicted octanol–water partition coefficient (Wildman–Crippen LogP) is 4.83. The van der Waals surface area contributed by atoms with Crippen molar-refractivity contribution in [3.8, 4) is 5.75 Å². The van der Waals surface area contributed by atoms with Gasteiger partial charge in [-0.2, -0.15) is 0 Å². The summed E-state index contributed by atoms with van der Waals surface area (Å²) in [7, 11) is 0. The van der Waals surface area contributed by atoms with Crippen LogP contribution in [0.15, 0.2) is 42.5 Å². The summed E-state index contributed by atoms with van der Waals surface area (Å²) in [4.78, 5) is 17.0.